The second-order valence-corrected chi connectivity index (χ2v) is 5.42. The van der Waals surface area contributed by atoms with Crippen molar-refractivity contribution >= 4 is 26.8 Å². The Balaban J connectivity index is 2.31. The molecule has 1 aromatic carbocycles. The Kier molecular flexibility index (Phi) is 2.13. The van der Waals surface area contributed by atoms with Crippen molar-refractivity contribution in [1.82, 2.24) is 4.98 Å². The third-order valence-electron chi connectivity index (χ3n) is 3.46. The van der Waals surface area contributed by atoms with E-state index in [0.717, 1.165) is 0 Å². The second-order valence-electron chi connectivity index (χ2n) is 4.50. The van der Waals surface area contributed by atoms with Crippen molar-refractivity contribution in [2.45, 2.75) is 32.1 Å². The normalized spacial score (nSPS) is 20.5. The number of benzene rings is 1. The van der Waals surface area contributed by atoms with E-state index in [2.05, 4.69) is 46.0 Å². The number of hydrogen-bond acceptors (Lipinski definition) is 0. The molecule has 1 aliphatic rings. The first-order valence-corrected chi connectivity index (χ1v) is 6.35. The molecular formula is C13H14BrN. The molecule has 1 N–H and O–H groups in total. The fourth-order valence-electron chi connectivity index (χ4n) is 2.66. The van der Waals surface area contributed by atoms with Gasteiger partial charge in [-0.25, -0.2) is 0 Å². The highest BCUT2D eigenvalue weighted by Crippen LogP contribution is 2.36. The lowest BCUT2D eigenvalue weighted by atomic mass is 9.88. The number of H-pyrrole nitrogens is 1. The average molecular weight is 264 g/mol. The quantitative estimate of drug-likeness (QED) is 0.727. The van der Waals surface area contributed by atoms with Crippen LogP contribution in [-0.2, 0) is 6.42 Å². The molecule has 0 unspecified atom stereocenters. The Morgan fingerprint density at radius 3 is 3.13 bits per heavy atom. The Morgan fingerprint density at radius 2 is 2.27 bits per heavy atom. The van der Waals surface area contributed by atoms with E-state index in [0.29, 0.717) is 5.92 Å². The Morgan fingerprint density at radius 1 is 1.40 bits per heavy atom. The van der Waals surface area contributed by atoms with Crippen LogP contribution in [0.25, 0.3) is 10.9 Å². The predicted molar refractivity (Wildman–Crippen MR) is 67.4 cm³/mol. The second kappa shape index (κ2) is 3.38. The van der Waals surface area contributed by atoms with Gasteiger partial charge in [-0.1, -0.05) is 22.9 Å². The molecule has 3 rings (SSSR count). The minimum absolute atomic E-state index is 0.694. The maximum atomic E-state index is 3.57. The van der Waals surface area contributed by atoms with Crippen LogP contribution >= 0.6 is 15.9 Å². The van der Waals surface area contributed by atoms with E-state index in [1.807, 2.05) is 0 Å². The van der Waals surface area contributed by atoms with Crippen LogP contribution in [0.5, 0.6) is 0 Å². The summed E-state index contributed by atoms with van der Waals surface area (Å²) in [6.45, 7) is 2.32. The van der Waals surface area contributed by atoms with Crippen molar-refractivity contribution < 1.29 is 0 Å². The van der Waals surface area contributed by atoms with E-state index in [4.69, 9.17) is 0 Å². The number of nitrogens with one attached hydrogen (secondary N) is 1. The molecule has 0 aliphatic heterocycles. The van der Waals surface area contributed by atoms with Crippen LogP contribution in [0.1, 0.15) is 36.9 Å². The molecule has 0 bridgehead atoms. The molecule has 1 aliphatic carbocycles. The third-order valence-corrected chi connectivity index (χ3v) is 3.95. The molecule has 1 atom stereocenters. The first kappa shape index (κ1) is 9.46. The zero-order valence-corrected chi connectivity index (χ0v) is 10.4. The van der Waals surface area contributed by atoms with Crippen molar-refractivity contribution in [2.24, 2.45) is 0 Å². The summed E-state index contributed by atoms with van der Waals surface area (Å²) in [5.74, 6) is 0.694. The van der Waals surface area contributed by atoms with Crippen LogP contribution in [0.2, 0.25) is 0 Å². The lowest BCUT2D eigenvalue weighted by Crippen LogP contribution is -2.05. The summed E-state index contributed by atoms with van der Waals surface area (Å²) in [5, 5.41) is 1.41. The van der Waals surface area contributed by atoms with Gasteiger partial charge in [0.15, 0.2) is 0 Å². The van der Waals surface area contributed by atoms with Gasteiger partial charge in [0, 0.05) is 21.1 Å². The lowest BCUT2D eigenvalue weighted by molar-refractivity contribution is 0.582. The molecule has 2 heteroatoms. The maximum Gasteiger partial charge on any atom is 0.0459 e. The van der Waals surface area contributed by atoms with Crippen molar-refractivity contribution in [3.8, 4) is 0 Å². The third kappa shape index (κ3) is 1.43. The highest BCUT2D eigenvalue weighted by molar-refractivity contribution is 9.10. The van der Waals surface area contributed by atoms with Crippen molar-refractivity contribution in [3.63, 3.8) is 0 Å². The SMILES string of the molecule is C[C@@H]1CCCc2c1[nH]c1ccc(Br)cc21. The van der Waals surface area contributed by atoms with Crippen LogP contribution in [0, 0.1) is 0 Å². The van der Waals surface area contributed by atoms with Gasteiger partial charge in [0.2, 0.25) is 0 Å². The van der Waals surface area contributed by atoms with Crippen molar-refractivity contribution in [2.75, 3.05) is 0 Å². The molecule has 78 valence electrons. The predicted octanol–water partition coefficient (Wildman–Crippen LogP) is 4.37. The number of hydrogen-bond donors (Lipinski definition) is 1. The summed E-state index contributed by atoms with van der Waals surface area (Å²) in [6, 6.07) is 6.52. The highest BCUT2D eigenvalue weighted by Gasteiger charge is 2.20. The fraction of sp³-hybridized carbons (Fsp3) is 0.385. The van der Waals surface area contributed by atoms with Crippen molar-refractivity contribution in [1.29, 1.82) is 0 Å². The Labute approximate surface area is 98.0 Å². The van der Waals surface area contributed by atoms with Crippen LogP contribution < -0.4 is 0 Å². The fourth-order valence-corrected chi connectivity index (χ4v) is 3.02. The van der Waals surface area contributed by atoms with Gasteiger partial charge in [-0.3, -0.25) is 0 Å². The molecule has 0 saturated heterocycles. The van der Waals surface area contributed by atoms with Gasteiger partial charge in [-0.05, 0) is 48.9 Å². The number of aromatic amines is 1. The van der Waals surface area contributed by atoms with Gasteiger partial charge in [0.25, 0.3) is 0 Å². The Bertz CT molecular complexity index is 512. The largest absolute Gasteiger partial charge is 0.358 e. The van der Waals surface area contributed by atoms with Crippen LogP contribution in [0.4, 0.5) is 0 Å². The van der Waals surface area contributed by atoms with Gasteiger partial charge in [0.05, 0.1) is 0 Å². The van der Waals surface area contributed by atoms with E-state index >= 15 is 0 Å². The van der Waals surface area contributed by atoms with Crippen LogP contribution in [-0.4, -0.2) is 4.98 Å². The molecule has 0 amide bonds. The summed E-state index contributed by atoms with van der Waals surface area (Å²) in [7, 11) is 0. The average Bonchev–Trinajstić information content (AvgIpc) is 2.58. The molecule has 1 aromatic heterocycles. The van der Waals surface area contributed by atoms with E-state index in [9.17, 15) is 0 Å². The summed E-state index contributed by atoms with van der Waals surface area (Å²) < 4.78 is 1.18. The van der Waals surface area contributed by atoms with E-state index < -0.39 is 0 Å². The molecule has 0 radical (unpaired) electrons. The minimum atomic E-state index is 0.694. The number of aromatic nitrogens is 1. The number of fused-ring (bicyclic) bond motifs is 3. The standard InChI is InChI=1S/C13H14BrN/c1-8-3-2-4-10-11-7-9(14)5-6-12(11)15-13(8)10/h5-8,15H,2-4H2,1H3/t8-/m1/s1. The number of halogens is 1. The molecular weight excluding hydrogens is 250 g/mol. The molecule has 0 saturated carbocycles. The smallest absolute Gasteiger partial charge is 0.0459 e. The topological polar surface area (TPSA) is 15.8 Å². The van der Waals surface area contributed by atoms with Gasteiger partial charge in [-0.15, -0.1) is 0 Å². The minimum Gasteiger partial charge on any atom is -0.358 e. The monoisotopic (exact) mass is 263 g/mol. The summed E-state index contributed by atoms with van der Waals surface area (Å²) in [6.07, 6.45) is 3.88. The van der Waals surface area contributed by atoms with Crippen molar-refractivity contribution in [3.05, 3.63) is 33.9 Å². The lowest BCUT2D eigenvalue weighted by Gasteiger charge is -2.18. The molecule has 1 nitrogen and oxygen atoms in total. The van der Waals surface area contributed by atoms with Crippen LogP contribution in [0.15, 0.2) is 22.7 Å². The highest BCUT2D eigenvalue weighted by atomic mass is 79.9. The summed E-state index contributed by atoms with van der Waals surface area (Å²) in [5.41, 5.74) is 4.30. The van der Waals surface area contributed by atoms with Gasteiger partial charge < -0.3 is 4.98 Å². The molecule has 0 spiro atoms. The maximum absolute atomic E-state index is 3.57. The Hall–Kier alpha value is -0.760. The first-order valence-electron chi connectivity index (χ1n) is 5.55. The van der Waals surface area contributed by atoms with Gasteiger partial charge in [0.1, 0.15) is 0 Å². The summed E-state index contributed by atoms with van der Waals surface area (Å²) >= 11 is 3.55. The number of rotatable bonds is 0. The zero-order chi connectivity index (χ0) is 10.4. The van der Waals surface area contributed by atoms with E-state index in [1.165, 1.54) is 40.3 Å². The van der Waals surface area contributed by atoms with Gasteiger partial charge in [-0.2, -0.15) is 0 Å². The van der Waals surface area contributed by atoms with Gasteiger partial charge >= 0.3 is 0 Å². The van der Waals surface area contributed by atoms with E-state index in [1.54, 1.807) is 5.56 Å². The number of aryl methyl sites for hydroxylation is 1. The molecule has 1 heterocycles. The molecule has 0 fully saturated rings. The zero-order valence-electron chi connectivity index (χ0n) is 8.81. The van der Waals surface area contributed by atoms with E-state index in [-0.39, 0.29) is 0 Å². The first-order chi connectivity index (χ1) is 7.25. The molecule has 15 heavy (non-hydrogen) atoms. The summed E-state index contributed by atoms with van der Waals surface area (Å²) in [4.78, 5) is 3.57. The van der Waals surface area contributed by atoms with Crippen LogP contribution in [0.3, 0.4) is 0 Å². The molecule has 2 aromatic rings.